The molecule has 0 amide bonds. The summed E-state index contributed by atoms with van der Waals surface area (Å²) in [6.45, 7) is 0.813. The highest BCUT2D eigenvalue weighted by Gasteiger charge is 2.15. The number of halogens is 1. The first-order valence-corrected chi connectivity index (χ1v) is 7.44. The molecule has 1 N–H and O–H groups in total. The van der Waals surface area contributed by atoms with Gasteiger partial charge in [-0.25, -0.2) is 0 Å². The highest BCUT2D eigenvalue weighted by molar-refractivity contribution is 9.10. The summed E-state index contributed by atoms with van der Waals surface area (Å²) >= 11 is 3.39. The second kappa shape index (κ2) is 6.18. The van der Waals surface area contributed by atoms with Crippen molar-refractivity contribution in [2.24, 2.45) is 0 Å². The van der Waals surface area contributed by atoms with Gasteiger partial charge in [-0.2, -0.15) is 0 Å². The Morgan fingerprint density at radius 2 is 1.86 bits per heavy atom. The maximum absolute atomic E-state index is 12.1. The van der Waals surface area contributed by atoms with E-state index < -0.39 is 0 Å². The largest absolute Gasteiger partial charge is 0.454 e. The van der Waals surface area contributed by atoms with Crippen molar-refractivity contribution in [3.63, 3.8) is 0 Å². The first kappa shape index (κ1) is 13.9. The van der Waals surface area contributed by atoms with Gasteiger partial charge in [-0.1, -0.05) is 15.9 Å². The molecular weight excluding hydrogens is 334 g/mol. The zero-order chi connectivity index (χ0) is 14.7. The average Bonchev–Trinajstić information content (AvgIpc) is 2.96. The van der Waals surface area contributed by atoms with E-state index in [1.807, 2.05) is 24.3 Å². The Hall–Kier alpha value is -2.01. The van der Waals surface area contributed by atoms with Crippen LogP contribution < -0.4 is 14.8 Å². The number of ketones is 1. The van der Waals surface area contributed by atoms with Gasteiger partial charge in [0.25, 0.3) is 0 Å². The van der Waals surface area contributed by atoms with Crippen molar-refractivity contribution >= 4 is 27.4 Å². The number of Topliss-reactive ketones (excluding diaryl/α,β-unsaturated/α-hetero) is 1. The molecule has 1 aliphatic heterocycles. The van der Waals surface area contributed by atoms with Crippen molar-refractivity contribution in [2.75, 3.05) is 18.7 Å². The van der Waals surface area contributed by atoms with Crippen molar-refractivity contribution in [2.45, 2.75) is 6.42 Å². The minimum Gasteiger partial charge on any atom is -0.454 e. The second-order valence-electron chi connectivity index (χ2n) is 4.67. The molecule has 5 heteroatoms. The van der Waals surface area contributed by atoms with Gasteiger partial charge in [-0.05, 0) is 42.5 Å². The fourth-order valence-corrected chi connectivity index (χ4v) is 2.37. The lowest BCUT2D eigenvalue weighted by molar-refractivity contribution is 0.0986. The highest BCUT2D eigenvalue weighted by atomic mass is 79.9. The van der Waals surface area contributed by atoms with Gasteiger partial charge < -0.3 is 14.8 Å². The Kier molecular flexibility index (Phi) is 4.10. The summed E-state index contributed by atoms with van der Waals surface area (Å²) in [5.41, 5.74) is 1.65. The lowest BCUT2D eigenvalue weighted by Crippen LogP contribution is -2.08. The molecule has 3 rings (SSSR count). The van der Waals surface area contributed by atoms with Gasteiger partial charge in [0.2, 0.25) is 6.79 Å². The number of anilines is 1. The van der Waals surface area contributed by atoms with Gasteiger partial charge in [0.05, 0.1) is 0 Å². The summed E-state index contributed by atoms with van der Waals surface area (Å²) in [6.07, 6.45) is 0.426. The van der Waals surface area contributed by atoms with Crippen LogP contribution in [0.3, 0.4) is 0 Å². The van der Waals surface area contributed by atoms with Gasteiger partial charge in [-0.15, -0.1) is 0 Å². The van der Waals surface area contributed by atoms with Crippen molar-refractivity contribution in [3.05, 3.63) is 52.5 Å². The molecule has 0 atom stereocenters. The number of carbonyl (C=O) groups is 1. The highest BCUT2D eigenvalue weighted by Crippen LogP contribution is 2.32. The van der Waals surface area contributed by atoms with Crippen LogP contribution in [0.5, 0.6) is 11.5 Å². The Morgan fingerprint density at radius 3 is 2.67 bits per heavy atom. The number of nitrogens with one attached hydrogen (secondary N) is 1. The molecule has 0 saturated carbocycles. The summed E-state index contributed by atoms with van der Waals surface area (Å²) < 4.78 is 11.5. The van der Waals surface area contributed by atoms with Crippen LogP contribution in [-0.2, 0) is 0 Å². The zero-order valence-corrected chi connectivity index (χ0v) is 12.9. The van der Waals surface area contributed by atoms with Gasteiger partial charge >= 0.3 is 0 Å². The van der Waals surface area contributed by atoms with Gasteiger partial charge in [0.15, 0.2) is 17.3 Å². The SMILES string of the molecule is O=C(CCNc1ccc(Br)cc1)c1ccc2c(c1)OCO2. The molecule has 1 aliphatic rings. The van der Waals surface area contributed by atoms with E-state index in [1.165, 1.54) is 0 Å². The lowest BCUT2D eigenvalue weighted by atomic mass is 10.1. The molecule has 0 aromatic heterocycles. The van der Waals surface area contributed by atoms with E-state index in [2.05, 4.69) is 21.2 Å². The Balaban J connectivity index is 1.55. The summed E-state index contributed by atoms with van der Waals surface area (Å²) in [5.74, 6) is 1.42. The van der Waals surface area contributed by atoms with E-state index in [0.29, 0.717) is 30.0 Å². The minimum atomic E-state index is 0.0814. The van der Waals surface area contributed by atoms with E-state index in [1.54, 1.807) is 18.2 Å². The summed E-state index contributed by atoms with van der Waals surface area (Å²) in [7, 11) is 0. The monoisotopic (exact) mass is 347 g/mol. The van der Waals surface area contributed by atoms with Crippen molar-refractivity contribution < 1.29 is 14.3 Å². The molecule has 0 saturated heterocycles. The molecule has 2 aromatic carbocycles. The molecule has 0 aliphatic carbocycles. The summed E-state index contributed by atoms with van der Waals surface area (Å²) in [6, 6.07) is 13.1. The van der Waals surface area contributed by atoms with E-state index in [9.17, 15) is 4.79 Å². The Morgan fingerprint density at radius 1 is 1.10 bits per heavy atom. The summed E-state index contributed by atoms with van der Waals surface area (Å²) in [5, 5.41) is 3.23. The first-order valence-electron chi connectivity index (χ1n) is 6.65. The fraction of sp³-hybridized carbons (Fsp3) is 0.188. The van der Waals surface area contributed by atoms with Gasteiger partial charge in [0, 0.05) is 28.7 Å². The number of hydrogen-bond donors (Lipinski definition) is 1. The number of rotatable bonds is 5. The standard InChI is InChI=1S/C16H14BrNO3/c17-12-2-4-13(5-3-12)18-8-7-14(19)11-1-6-15-16(9-11)21-10-20-15/h1-6,9,18H,7-8,10H2. The number of carbonyl (C=O) groups excluding carboxylic acids is 1. The number of ether oxygens (including phenoxy) is 2. The fourth-order valence-electron chi connectivity index (χ4n) is 2.10. The molecule has 0 radical (unpaired) electrons. The third-order valence-corrected chi connectivity index (χ3v) is 3.75. The molecule has 21 heavy (non-hydrogen) atoms. The third-order valence-electron chi connectivity index (χ3n) is 3.22. The average molecular weight is 348 g/mol. The molecule has 4 nitrogen and oxygen atoms in total. The lowest BCUT2D eigenvalue weighted by Gasteiger charge is -2.06. The van der Waals surface area contributed by atoms with E-state index >= 15 is 0 Å². The maximum atomic E-state index is 12.1. The molecule has 2 aromatic rings. The Bertz CT molecular complexity index is 655. The van der Waals surface area contributed by atoms with Crippen LogP contribution in [0.2, 0.25) is 0 Å². The van der Waals surface area contributed by atoms with Crippen molar-refractivity contribution in [3.8, 4) is 11.5 Å². The molecule has 1 heterocycles. The minimum absolute atomic E-state index is 0.0814. The molecule has 0 fully saturated rings. The van der Waals surface area contributed by atoms with Crippen LogP contribution >= 0.6 is 15.9 Å². The quantitative estimate of drug-likeness (QED) is 0.834. The van der Waals surface area contributed by atoms with Gasteiger partial charge in [0.1, 0.15) is 0 Å². The Labute approximate surface area is 131 Å². The van der Waals surface area contributed by atoms with Crippen molar-refractivity contribution in [1.82, 2.24) is 0 Å². The molecule has 0 unspecified atom stereocenters. The van der Waals surface area contributed by atoms with Crippen LogP contribution in [0.4, 0.5) is 5.69 Å². The molecular formula is C16H14BrNO3. The number of hydrogen-bond acceptors (Lipinski definition) is 4. The van der Waals surface area contributed by atoms with Crippen LogP contribution in [0.15, 0.2) is 46.9 Å². The zero-order valence-electron chi connectivity index (χ0n) is 11.3. The third kappa shape index (κ3) is 3.36. The van der Waals surface area contributed by atoms with Crippen LogP contribution in [-0.4, -0.2) is 19.1 Å². The number of benzene rings is 2. The van der Waals surface area contributed by atoms with Crippen LogP contribution in [0.1, 0.15) is 16.8 Å². The second-order valence-corrected chi connectivity index (χ2v) is 5.59. The van der Waals surface area contributed by atoms with E-state index in [4.69, 9.17) is 9.47 Å². The topological polar surface area (TPSA) is 47.6 Å². The molecule has 0 spiro atoms. The van der Waals surface area contributed by atoms with E-state index in [0.717, 1.165) is 10.2 Å². The predicted molar refractivity (Wildman–Crippen MR) is 84.1 cm³/mol. The first-order chi connectivity index (χ1) is 10.2. The number of fused-ring (bicyclic) bond motifs is 1. The van der Waals surface area contributed by atoms with Crippen LogP contribution in [0.25, 0.3) is 0 Å². The summed E-state index contributed by atoms with van der Waals surface area (Å²) in [4.78, 5) is 12.1. The van der Waals surface area contributed by atoms with Gasteiger partial charge in [-0.3, -0.25) is 4.79 Å². The molecule has 0 bridgehead atoms. The molecule has 108 valence electrons. The maximum Gasteiger partial charge on any atom is 0.231 e. The predicted octanol–water partition coefficient (Wildman–Crippen LogP) is 3.86. The van der Waals surface area contributed by atoms with Crippen molar-refractivity contribution in [1.29, 1.82) is 0 Å². The normalized spacial score (nSPS) is 12.2. The van der Waals surface area contributed by atoms with Crippen LogP contribution in [0, 0.1) is 0 Å². The smallest absolute Gasteiger partial charge is 0.231 e. The van der Waals surface area contributed by atoms with E-state index in [-0.39, 0.29) is 12.6 Å².